The SMILES string of the molecule is O=S(=O)(NC[C@]12COC[C@H]1CN(c1ncc(F)cn1)C2)C1CC1. The first kappa shape index (κ1) is 15.2. The largest absolute Gasteiger partial charge is 0.380 e. The van der Waals surface area contributed by atoms with Crippen LogP contribution in [0.1, 0.15) is 12.8 Å². The molecule has 1 aliphatic carbocycles. The van der Waals surface area contributed by atoms with Crippen molar-refractivity contribution in [3.63, 3.8) is 0 Å². The zero-order valence-electron chi connectivity index (χ0n) is 12.6. The van der Waals surface area contributed by atoms with E-state index in [0.717, 1.165) is 25.2 Å². The van der Waals surface area contributed by atoms with Gasteiger partial charge in [-0.25, -0.2) is 27.5 Å². The molecular formula is C14H19FN4O3S. The quantitative estimate of drug-likeness (QED) is 0.820. The summed E-state index contributed by atoms with van der Waals surface area (Å²) in [4.78, 5) is 10.0. The Morgan fingerprint density at radius 2 is 2.13 bits per heavy atom. The molecule has 3 heterocycles. The fourth-order valence-corrected chi connectivity index (χ4v) is 4.92. The molecule has 7 nitrogen and oxygen atoms in total. The van der Waals surface area contributed by atoms with Crippen LogP contribution in [0.25, 0.3) is 0 Å². The number of rotatable bonds is 5. The second-order valence-corrected chi connectivity index (χ2v) is 8.77. The zero-order chi connectivity index (χ0) is 16.1. The second-order valence-electron chi connectivity index (χ2n) is 6.72. The molecule has 126 valence electrons. The number of ether oxygens (including phenoxy) is 1. The Bertz CT molecular complexity index is 694. The Morgan fingerprint density at radius 3 is 2.83 bits per heavy atom. The lowest BCUT2D eigenvalue weighted by Gasteiger charge is -2.27. The Kier molecular flexibility index (Phi) is 3.54. The van der Waals surface area contributed by atoms with E-state index >= 15 is 0 Å². The number of nitrogens with one attached hydrogen (secondary N) is 1. The first-order valence-corrected chi connectivity index (χ1v) is 9.32. The molecule has 1 N–H and O–H groups in total. The summed E-state index contributed by atoms with van der Waals surface area (Å²) < 4.78 is 45.5. The molecule has 0 spiro atoms. The zero-order valence-corrected chi connectivity index (χ0v) is 13.4. The van der Waals surface area contributed by atoms with Crippen LogP contribution < -0.4 is 9.62 Å². The number of halogens is 1. The lowest BCUT2D eigenvalue weighted by molar-refractivity contribution is 0.156. The summed E-state index contributed by atoms with van der Waals surface area (Å²) >= 11 is 0. The first-order chi connectivity index (χ1) is 11.0. The predicted molar refractivity (Wildman–Crippen MR) is 80.9 cm³/mol. The van der Waals surface area contributed by atoms with Crippen molar-refractivity contribution in [2.24, 2.45) is 11.3 Å². The highest BCUT2D eigenvalue weighted by Crippen LogP contribution is 2.42. The molecule has 1 aromatic heterocycles. The van der Waals surface area contributed by atoms with Crippen LogP contribution in [0.2, 0.25) is 0 Å². The van der Waals surface area contributed by atoms with Gasteiger partial charge < -0.3 is 9.64 Å². The van der Waals surface area contributed by atoms with Crippen molar-refractivity contribution in [2.45, 2.75) is 18.1 Å². The van der Waals surface area contributed by atoms with Gasteiger partial charge in [0.25, 0.3) is 0 Å². The molecule has 1 saturated carbocycles. The summed E-state index contributed by atoms with van der Waals surface area (Å²) in [5, 5.41) is -0.224. The molecule has 2 atom stereocenters. The summed E-state index contributed by atoms with van der Waals surface area (Å²) in [7, 11) is -3.21. The van der Waals surface area contributed by atoms with Crippen molar-refractivity contribution in [1.29, 1.82) is 0 Å². The van der Waals surface area contributed by atoms with Crippen LogP contribution in [0, 0.1) is 17.2 Å². The highest BCUT2D eigenvalue weighted by atomic mass is 32.2. The van der Waals surface area contributed by atoms with E-state index in [-0.39, 0.29) is 16.6 Å². The summed E-state index contributed by atoms with van der Waals surface area (Å²) in [5.74, 6) is 0.228. The van der Waals surface area contributed by atoms with Crippen molar-refractivity contribution in [2.75, 3.05) is 37.7 Å². The van der Waals surface area contributed by atoms with Crippen LogP contribution in [0.15, 0.2) is 12.4 Å². The summed E-state index contributed by atoms with van der Waals surface area (Å²) in [6.45, 7) is 2.78. The van der Waals surface area contributed by atoms with Crippen molar-refractivity contribution in [3.05, 3.63) is 18.2 Å². The lowest BCUT2D eigenvalue weighted by atomic mass is 9.81. The number of hydrogen-bond donors (Lipinski definition) is 1. The standard InChI is InChI=1S/C14H19FN4O3S/c15-11-3-16-13(17-4-11)19-5-10-6-22-9-14(10,8-19)7-18-23(20,21)12-1-2-12/h3-4,10,12,18H,1-2,5-9H2/t10-,14+/m1/s1. The van der Waals surface area contributed by atoms with E-state index in [1.165, 1.54) is 0 Å². The van der Waals surface area contributed by atoms with Crippen molar-refractivity contribution < 1.29 is 17.5 Å². The van der Waals surface area contributed by atoms with E-state index in [1.807, 2.05) is 4.90 Å². The van der Waals surface area contributed by atoms with Crippen LogP contribution in [0.5, 0.6) is 0 Å². The molecular weight excluding hydrogens is 323 g/mol. The number of aromatic nitrogens is 2. The molecule has 0 aromatic carbocycles. The molecule has 0 radical (unpaired) electrons. The van der Waals surface area contributed by atoms with Gasteiger partial charge in [0.2, 0.25) is 16.0 Å². The van der Waals surface area contributed by atoms with Crippen LogP contribution in [0.4, 0.5) is 10.3 Å². The van der Waals surface area contributed by atoms with Gasteiger partial charge in [-0.2, -0.15) is 0 Å². The normalized spacial score (nSPS) is 30.7. The van der Waals surface area contributed by atoms with E-state index in [9.17, 15) is 12.8 Å². The molecule has 9 heteroatoms. The average Bonchev–Trinajstić information content (AvgIpc) is 3.22. The third kappa shape index (κ3) is 2.81. The molecule has 0 bridgehead atoms. The molecule has 1 aromatic rings. The number of fused-ring (bicyclic) bond motifs is 1. The monoisotopic (exact) mass is 342 g/mol. The van der Waals surface area contributed by atoms with E-state index < -0.39 is 15.8 Å². The van der Waals surface area contributed by atoms with Gasteiger partial charge in [0, 0.05) is 31.0 Å². The maximum Gasteiger partial charge on any atom is 0.225 e. The number of nitrogens with zero attached hydrogens (tertiary/aromatic N) is 3. The van der Waals surface area contributed by atoms with Crippen molar-refractivity contribution in [1.82, 2.24) is 14.7 Å². The number of sulfonamides is 1. The molecule has 4 rings (SSSR count). The van der Waals surface area contributed by atoms with E-state index in [4.69, 9.17) is 4.74 Å². The minimum Gasteiger partial charge on any atom is -0.380 e. The molecule has 3 fully saturated rings. The van der Waals surface area contributed by atoms with Gasteiger partial charge in [-0.05, 0) is 12.8 Å². The predicted octanol–water partition coefficient (Wildman–Crippen LogP) is 0.150. The van der Waals surface area contributed by atoms with Gasteiger partial charge in [0.05, 0.1) is 30.9 Å². The maximum absolute atomic E-state index is 13.0. The third-order valence-electron chi connectivity index (χ3n) is 5.00. The second kappa shape index (κ2) is 5.35. The van der Waals surface area contributed by atoms with Crippen LogP contribution >= 0.6 is 0 Å². The van der Waals surface area contributed by atoms with E-state index in [1.54, 1.807) is 0 Å². The number of hydrogen-bond acceptors (Lipinski definition) is 6. The van der Waals surface area contributed by atoms with Crippen molar-refractivity contribution in [3.8, 4) is 0 Å². The van der Waals surface area contributed by atoms with Gasteiger partial charge in [0.15, 0.2) is 5.82 Å². The van der Waals surface area contributed by atoms with E-state index in [2.05, 4.69) is 14.7 Å². The molecule has 2 saturated heterocycles. The van der Waals surface area contributed by atoms with Gasteiger partial charge in [-0.1, -0.05) is 0 Å². The summed E-state index contributed by atoms with van der Waals surface area (Å²) in [5.41, 5.74) is -0.264. The molecule has 2 aliphatic heterocycles. The molecule has 0 unspecified atom stereocenters. The van der Waals surface area contributed by atoms with Gasteiger partial charge in [0.1, 0.15) is 0 Å². The Hall–Kier alpha value is -1.32. The van der Waals surface area contributed by atoms with Crippen LogP contribution in [-0.4, -0.2) is 56.5 Å². The molecule has 0 amide bonds. The smallest absolute Gasteiger partial charge is 0.225 e. The Labute approximate surface area is 134 Å². The fourth-order valence-electron chi connectivity index (χ4n) is 3.44. The van der Waals surface area contributed by atoms with E-state index in [0.29, 0.717) is 38.8 Å². The summed E-state index contributed by atoms with van der Waals surface area (Å²) in [6.07, 6.45) is 3.79. The highest BCUT2D eigenvalue weighted by molar-refractivity contribution is 7.90. The Balaban J connectivity index is 1.49. The topological polar surface area (TPSA) is 84.4 Å². The van der Waals surface area contributed by atoms with Crippen LogP contribution in [0.3, 0.4) is 0 Å². The van der Waals surface area contributed by atoms with Gasteiger partial charge >= 0.3 is 0 Å². The van der Waals surface area contributed by atoms with Crippen molar-refractivity contribution >= 4 is 16.0 Å². The fraction of sp³-hybridized carbons (Fsp3) is 0.714. The first-order valence-electron chi connectivity index (χ1n) is 7.77. The minimum atomic E-state index is -3.21. The Morgan fingerprint density at radius 1 is 1.39 bits per heavy atom. The van der Waals surface area contributed by atoms with Crippen LogP contribution in [-0.2, 0) is 14.8 Å². The average molecular weight is 342 g/mol. The highest BCUT2D eigenvalue weighted by Gasteiger charge is 2.52. The molecule has 3 aliphatic rings. The molecule has 23 heavy (non-hydrogen) atoms. The maximum atomic E-state index is 13.0. The number of anilines is 1. The summed E-state index contributed by atoms with van der Waals surface area (Å²) in [6, 6.07) is 0. The minimum absolute atomic E-state index is 0.220. The third-order valence-corrected chi connectivity index (χ3v) is 6.90. The van der Waals surface area contributed by atoms with Gasteiger partial charge in [-0.15, -0.1) is 0 Å². The van der Waals surface area contributed by atoms with Gasteiger partial charge in [-0.3, -0.25) is 0 Å². The lowest BCUT2D eigenvalue weighted by Crippen LogP contribution is -2.44.